The molecule has 7 heteroatoms. The van der Waals surface area contributed by atoms with E-state index in [0.29, 0.717) is 24.2 Å². The number of hydrogen-bond donors (Lipinski definition) is 0. The second-order valence-electron chi connectivity index (χ2n) is 6.53. The fourth-order valence-corrected chi connectivity index (χ4v) is 3.47. The molecule has 3 rings (SSSR count). The molecule has 3 nitrogen and oxygen atoms in total. The highest BCUT2D eigenvalue weighted by Gasteiger charge is 2.30. The first-order chi connectivity index (χ1) is 12.8. The lowest BCUT2D eigenvalue weighted by Crippen LogP contribution is -2.43. The zero-order valence-corrected chi connectivity index (χ0v) is 16.1. The van der Waals surface area contributed by atoms with E-state index in [1.54, 1.807) is 17.0 Å². The first kappa shape index (κ1) is 19.9. The molecule has 1 atom stereocenters. The molecule has 1 unspecified atom stereocenters. The number of piperidine rings is 1. The number of alkyl halides is 3. The van der Waals surface area contributed by atoms with Gasteiger partial charge in [-0.05, 0) is 48.7 Å². The fraction of sp³-hybridized carbons (Fsp3) is 0.350. The van der Waals surface area contributed by atoms with E-state index in [1.165, 1.54) is 12.1 Å². The van der Waals surface area contributed by atoms with Gasteiger partial charge in [0.1, 0.15) is 0 Å². The number of ether oxygens (including phenoxy) is 1. The number of amides is 1. The Bertz CT molecular complexity index is 793. The van der Waals surface area contributed by atoms with Gasteiger partial charge in [-0.25, -0.2) is 0 Å². The van der Waals surface area contributed by atoms with Gasteiger partial charge in [0, 0.05) is 23.1 Å². The number of carbonyl (C=O) groups is 1. The summed E-state index contributed by atoms with van der Waals surface area (Å²) < 4.78 is 44.5. The molecule has 0 spiro atoms. The molecule has 1 amide bonds. The summed E-state index contributed by atoms with van der Waals surface area (Å²) >= 11 is 3.37. The topological polar surface area (TPSA) is 29.5 Å². The summed E-state index contributed by atoms with van der Waals surface area (Å²) in [6.07, 6.45) is -2.81. The lowest BCUT2D eigenvalue weighted by Gasteiger charge is -2.32. The maximum atomic E-state index is 12.6. The van der Waals surface area contributed by atoms with Gasteiger partial charge >= 0.3 is 6.18 Å². The average molecular weight is 442 g/mol. The third kappa shape index (κ3) is 5.32. The van der Waals surface area contributed by atoms with Gasteiger partial charge in [0.2, 0.25) is 0 Å². The van der Waals surface area contributed by atoms with E-state index in [2.05, 4.69) is 15.9 Å². The molecular formula is C20H19BrF3NO2. The molecule has 1 aliphatic rings. The smallest absolute Gasteiger partial charge is 0.372 e. The van der Waals surface area contributed by atoms with E-state index in [0.717, 1.165) is 29.4 Å². The van der Waals surface area contributed by atoms with Crippen LogP contribution in [0, 0.1) is 0 Å². The molecule has 144 valence electrons. The second kappa shape index (κ2) is 8.44. The number of rotatable bonds is 4. The van der Waals surface area contributed by atoms with Crippen molar-refractivity contribution in [1.29, 1.82) is 0 Å². The van der Waals surface area contributed by atoms with E-state index in [1.807, 2.05) is 12.1 Å². The molecular weight excluding hydrogens is 423 g/mol. The van der Waals surface area contributed by atoms with Crippen molar-refractivity contribution in [3.63, 3.8) is 0 Å². The third-order valence-corrected chi connectivity index (χ3v) is 5.00. The Labute approximate surface area is 164 Å². The standard InChI is InChI=1S/C20H19BrF3NO2/c21-17-4-1-3-15(11-17)19(26)25-10-2-5-18(12-25)27-13-14-6-8-16(9-7-14)20(22,23)24/h1,3-4,6-9,11,18H,2,5,10,12-13H2. The fourth-order valence-electron chi connectivity index (χ4n) is 3.07. The number of hydrogen-bond acceptors (Lipinski definition) is 2. The largest absolute Gasteiger partial charge is 0.416 e. The monoisotopic (exact) mass is 441 g/mol. The number of nitrogens with zero attached hydrogens (tertiary/aromatic N) is 1. The van der Waals surface area contributed by atoms with Crippen LogP contribution in [0.15, 0.2) is 53.0 Å². The van der Waals surface area contributed by atoms with Crippen molar-refractivity contribution in [2.24, 2.45) is 0 Å². The maximum absolute atomic E-state index is 12.6. The van der Waals surface area contributed by atoms with Crippen molar-refractivity contribution in [3.8, 4) is 0 Å². The minimum atomic E-state index is -4.34. The number of benzene rings is 2. The molecule has 0 aliphatic carbocycles. The van der Waals surface area contributed by atoms with E-state index >= 15 is 0 Å². The first-order valence-corrected chi connectivity index (χ1v) is 9.45. The Hall–Kier alpha value is -1.86. The number of halogens is 4. The van der Waals surface area contributed by atoms with Gasteiger partial charge in [-0.15, -0.1) is 0 Å². The van der Waals surface area contributed by atoms with Gasteiger partial charge in [0.25, 0.3) is 5.91 Å². The number of carbonyl (C=O) groups excluding carboxylic acids is 1. The summed E-state index contributed by atoms with van der Waals surface area (Å²) in [5.74, 6) is -0.0425. The SMILES string of the molecule is O=C(c1cccc(Br)c1)N1CCCC(OCc2ccc(C(F)(F)F)cc2)C1. The second-order valence-corrected chi connectivity index (χ2v) is 7.45. The highest BCUT2D eigenvalue weighted by Crippen LogP contribution is 2.29. The molecule has 1 heterocycles. The van der Waals surface area contributed by atoms with Crippen molar-refractivity contribution in [1.82, 2.24) is 4.90 Å². The summed E-state index contributed by atoms with van der Waals surface area (Å²) in [7, 11) is 0. The summed E-state index contributed by atoms with van der Waals surface area (Å²) in [5, 5.41) is 0. The summed E-state index contributed by atoms with van der Waals surface area (Å²) in [6.45, 7) is 1.37. The maximum Gasteiger partial charge on any atom is 0.416 e. The van der Waals surface area contributed by atoms with Crippen molar-refractivity contribution >= 4 is 21.8 Å². The van der Waals surface area contributed by atoms with Gasteiger partial charge in [-0.1, -0.05) is 34.1 Å². The van der Waals surface area contributed by atoms with Crippen LogP contribution in [0.25, 0.3) is 0 Å². The third-order valence-electron chi connectivity index (χ3n) is 4.50. The van der Waals surface area contributed by atoms with Crippen LogP contribution in [0.1, 0.15) is 34.3 Å². The van der Waals surface area contributed by atoms with Crippen molar-refractivity contribution in [3.05, 3.63) is 69.7 Å². The van der Waals surface area contributed by atoms with Crippen LogP contribution < -0.4 is 0 Å². The van der Waals surface area contributed by atoms with Gasteiger partial charge in [-0.2, -0.15) is 13.2 Å². The van der Waals surface area contributed by atoms with Crippen LogP contribution in [-0.4, -0.2) is 30.0 Å². The van der Waals surface area contributed by atoms with Crippen LogP contribution in [0.5, 0.6) is 0 Å². The van der Waals surface area contributed by atoms with Gasteiger partial charge in [0.05, 0.1) is 18.3 Å². The lowest BCUT2D eigenvalue weighted by atomic mass is 10.1. The molecule has 0 N–H and O–H groups in total. The number of likely N-dealkylation sites (tertiary alicyclic amines) is 1. The molecule has 0 aromatic heterocycles. The molecule has 27 heavy (non-hydrogen) atoms. The van der Waals surface area contributed by atoms with Crippen LogP contribution in [0.2, 0.25) is 0 Å². The first-order valence-electron chi connectivity index (χ1n) is 8.65. The Morgan fingerprint density at radius 2 is 1.93 bits per heavy atom. The predicted octanol–water partition coefficient (Wildman–Crippen LogP) is 5.29. The molecule has 0 radical (unpaired) electrons. The van der Waals surface area contributed by atoms with Crippen molar-refractivity contribution < 1.29 is 22.7 Å². The average Bonchev–Trinajstić information content (AvgIpc) is 2.65. The molecule has 2 aromatic carbocycles. The molecule has 1 saturated heterocycles. The van der Waals surface area contributed by atoms with Gasteiger partial charge in [-0.3, -0.25) is 4.79 Å². The Kier molecular flexibility index (Phi) is 6.22. The molecule has 0 bridgehead atoms. The van der Waals surface area contributed by atoms with E-state index in [-0.39, 0.29) is 18.6 Å². The van der Waals surface area contributed by atoms with E-state index in [4.69, 9.17) is 4.74 Å². The highest BCUT2D eigenvalue weighted by atomic mass is 79.9. The minimum Gasteiger partial charge on any atom is -0.372 e. The van der Waals surface area contributed by atoms with Crippen molar-refractivity contribution in [2.45, 2.75) is 31.7 Å². The quantitative estimate of drug-likeness (QED) is 0.644. The Morgan fingerprint density at radius 3 is 2.59 bits per heavy atom. The highest BCUT2D eigenvalue weighted by molar-refractivity contribution is 9.10. The predicted molar refractivity (Wildman–Crippen MR) is 99.3 cm³/mol. The lowest BCUT2D eigenvalue weighted by molar-refractivity contribution is -0.137. The molecule has 0 saturated carbocycles. The molecule has 2 aromatic rings. The van der Waals surface area contributed by atoms with Crippen LogP contribution in [-0.2, 0) is 17.5 Å². The van der Waals surface area contributed by atoms with Crippen LogP contribution >= 0.6 is 15.9 Å². The minimum absolute atomic E-state index is 0.0425. The van der Waals surface area contributed by atoms with Gasteiger partial charge < -0.3 is 9.64 Å². The van der Waals surface area contributed by atoms with E-state index in [9.17, 15) is 18.0 Å². The summed E-state index contributed by atoms with van der Waals surface area (Å²) in [6, 6.07) is 12.2. The van der Waals surface area contributed by atoms with Gasteiger partial charge in [0.15, 0.2) is 0 Å². The molecule has 1 fully saturated rings. The van der Waals surface area contributed by atoms with Crippen LogP contribution in [0.4, 0.5) is 13.2 Å². The Morgan fingerprint density at radius 1 is 1.19 bits per heavy atom. The zero-order valence-electron chi connectivity index (χ0n) is 14.5. The summed E-state index contributed by atoms with van der Waals surface area (Å²) in [4.78, 5) is 14.4. The summed E-state index contributed by atoms with van der Waals surface area (Å²) in [5.41, 5.74) is 0.626. The zero-order chi connectivity index (χ0) is 19.4. The Balaban J connectivity index is 1.56. The molecule has 1 aliphatic heterocycles. The van der Waals surface area contributed by atoms with Crippen molar-refractivity contribution in [2.75, 3.05) is 13.1 Å². The van der Waals surface area contributed by atoms with E-state index < -0.39 is 11.7 Å². The van der Waals surface area contributed by atoms with Crippen LogP contribution in [0.3, 0.4) is 0 Å². The normalized spacial score (nSPS) is 17.8.